The molecule has 108 valence electrons. The summed E-state index contributed by atoms with van der Waals surface area (Å²) in [5.41, 5.74) is 2.51. The lowest BCUT2D eigenvalue weighted by Gasteiger charge is -2.04. The van der Waals surface area contributed by atoms with Crippen LogP contribution in [-0.2, 0) is 0 Å². The maximum atomic E-state index is 12.4. The number of nitrogens with zero attached hydrogens (tertiary/aromatic N) is 3. The Morgan fingerprint density at radius 3 is 2.59 bits per heavy atom. The molecule has 0 fully saturated rings. The number of halogens is 1. The summed E-state index contributed by atoms with van der Waals surface area (Å²) >= 11 is 5.90. The van der Waals surface area contributed by atoms with Gasteiger partial charge in [-0.3, -0.25) is 19.6 Å². The van der Waals surface area contributed by atoms with E-state index in [0.29, 0.717) is 32.9 Å². The van der Waals surface area contributed by atoms with E-state index in [1.807, 2.05) is 12.1 Å². The second kappa shape index (κ2) is 4.38. The Kier molecular flexibility index (Phi) is 2.58. The molecular weight excluding hydrogens is 304 g/mol. The number of fused-ring (bicyclic) bond motifs is 3. The fourth-order valence-electron chi connectivity index (χ4n) is 2.64. The molecular formula is C15H9ClN4O2. The first kappa shape index (κ1) is 13.0. The Morgan fingerprint density at radius 2 is 1.86 bits per heavy atom. The molecule has 4 rings (SSSR count). The first-order valence-corrected chi connectivity index (χ1v) is 6.91. The van der Waals surface area contributed by atoms with E-state index in [2.05, 4.69) is 15.2 Å². The van der Waals surface area contributed by atoms with E-state index in [1.165, 1.54) is 13.2 Å². The van der Waals surface area contributed by atoms with Crippen LogP contribution < -0.4 is 0 Å². The Balaban J connectivity index is 2.05. The minimum atomic E-state index is -0.349. The van der Waals surface area contributed by atoms with Crippen LogP contribution in [0.15, 0.2) is 30.5 Å². The van der Waals surface area contributed by atoms with Crippen LogP contribution in [0.2, 0.25) is 5.02 Å². The maximum absolute atomic E-state index is 12.4. The summed E-state index contributed by atoms with van der Waals surface area (Å²) in [5, 5.41) is 8.19. The number of carbonyl (C=O) groups is 2. The third kappa shape index (κ3) is 1.61. The molecule has 1 N–H and O–H groups in total. The summed E-state index contributed by atoms with van der Waals surface area (Å²) in [4.78, 5) is 29.7. The molecule has 0 aliphatic carbocycles. The average Bonchev–Trinajstić information content (AvgIpc) is 3.04. The molecule has 1 aromatic carbocycles. The van der Waals surface area contributed by atoms with Crippen molar-refractivity contribution in [3.8, 4) is 11.3 Å². The van der Waals surface area contributed by atoms with Crippen LogP contribution in [0.4, 0.5) is 0 Å². The number of amides is 2. The second-order valence-electron chi connectivity index (χ2n) is 5.02. The van der Waals surface area contributed by atoms with Crippen LogP contribution in [0.25, 0.3) is 22.3 Å². The third-order valence-corrected chi connectivity index (χ3v) is 4.02. The summed E-state index contributed by atoms with van der Waals surface area (Å²) in [6, 6.07) is 7.14. The lowest BCUT2D eigenvalue weighted by Crippen LogP contribution is -2.24. The predicted molar refractivity (Wildman–Crippen MR) is 80.8 cm³/mol. The Labute approximate surface area is 129 Å². The molecule has 0 unspecified atom stereocenters. The van der Waals surface area contributed by atoms with Gasteiger partial charge in [-0.05, 0) is 12.1 Å². The molecule has 0 saturated carbocycles. The number of aromatic nitrogens is 3. The highest BCUT2D eigenvalue weighted by Gasteiger charge is 2.36. The Bertz CT molecular complexity index is 946. The van der Waals surface area contributed by atoms with Gasteiger partial charge in [-0.25, -0.2) is 4.98 Å². The van der Waals surface area contributed by atoms with Crippen LogP contribution in [0, 0.1) is 0 Å². The molecule has 0 atom stereocenters. The predicted octanol–water partition coefficient (Wildman–Crippen LogP) is 2.50. The van der Waals surface area contributed by atoms with Crippen LogP contribution in [-0.4, -0.2) is 38.9 Å². The molecule has 0 saturated heterocycles. The van der Waals surface area contributed by atoms with Crippen LogP contribution in [0.5, 0.6) is 0 Å². The molecule has 1 aliphatic heterocycles. The van der Waals surface area contributed by atoms with E-state index < -0.39 is 0 Å². The molecule has 22 heavy (non-hydrogen) atoms. The zero-order valence-electron chi connectivity index (χ0n) is 11.4. The summed E-state index contributed by atoms with van der Waals surface area (Å²) in [6.07, 6.45) is 1.40. The molecule has 6 nitrogen and oxygen atoms in total. The molecule has 0 radical (unpaired) electrons. The lowest BCUT2D eigenvalue weighted by atomic mass is 10.0. The number of carbonyl (C=O) groups excluding carboxylic acids is 2. The van der Waals surface area contributed by atoms with Crippen molar-refractivity contribution in [2.75, 3.05) is 7.05 Å². The van der Waals surface area contributed by atoms with Crippen molar-refractivity contribution in [3.05, 3.63) is 46.6 Å². The number of rotatable bonds is 1. The van der Waals surface area contributed by atoms with Gasteiger partial charge in [0, 0.05) is 23.8 Å². The number of hydrogen-bond acceptors (Lipinski definition) is 4. The molecule has 1 aliphatic rings. The monoisotopic (exact) mass is 312 g/mol. The molecule has 2 amide bonds. The van der Waals surface area contributed by atoms with Gasteiger partial charge < -0.3 is 0 Å². The zero-order valence-corrected chi connectivity index (χ0v) is 12.2. The third-order valence-electron chi connectivity index (χ3n) is 3.77. The van der Waals surface area contributed by atoms with Crippen LogP contribution in [0.3, 0.4) is 0 Å². The topological polar surface area (TPSA) is 79.0 Å². The van der Waals surface area contributed by atoms with Crippen molar-refractivity contribution in [2.24, 2.45) is 0 Å². The number of nitrogens with one attached hydrogen (secondary N) is 1. The normalized spacial score (nSPS) is 14.0. The summed E-state index contributed by atoms with van der Waals surface area (Å²) in [7, 11) is 1.46. The standard InChI is InChI=1S/C15H9ClN4O2/c1-20-14(21)9-6-17-13-11(10(9)15(20)22)12(18-19-13)7-2-4-8(16)5-3-7/h2-6H,1H3,(H,17,18,19). The van der Waals surface area contributed by atoms with E-state index >= 15 is 0 Å². The maximum Gasteiger partial charge on any atom is 0.262 e. The van der Waals surface area contributed by atoms with Crippen molar-refractivity contribution in [1.82, 2.24) is 20.1 Å². The van der Waals surface area contributed by atoms with E-state index in [9.17, 15) is 9.59 Å². The largest absolute Gasteiger partial charge is 0.277 e. The van der Waals surface area contributed by atoms with E-state index in [1.54, 1.807) is 12.1 Å². The van der Waals surface area contributed by atoms with Gasteiger partial charge in [-0.1, -0.05) is 23.7 Å². The smallest absolute Gasteiger partial charge is 0.262 e. The number of H-pyrrole nitrogens is 1. The van der Waals surface area contributed by atoms with Crippen molar-refractivity contribution in [1.29, 1.82) is 0 Å². The highest BCUT2D eigenvalue weighted by atomic mass is 35.5. The van der Waals surface area contributed by atoms with Gasteiger partial charge in [0.2, 0.25) is 0 Å². The Hall–Kier alpha value is -2.73. The fraction of sp³-hybridized carbons (Fsp3) is 0.0667. The summed E-state index contributed by atoms with van der Waals surface area (Å²) in [5.74, 6) is -0.693. The molecule has 3 aromatic rings. The van der Waals surface area contributed by atoms with Crippen LogP contribution in [0.1, 0.15) is 20.7 Å². The minimum Gasteiger partial charge on any atom is -0.277 e. The summed E-state index contributed by atoms with van der Waals surface area (Å²) < 4.78 is 0. The number of imide groups is 1. The van der Waals surface area contributed by atoms with Crippen molar-refractivity contribution in [2.45, 2.75) is 0 Å². The first-order chi connectivity index (χ1) is 10.6. The second-order valence-corrected chi connectivity index (χ2v) is 5.46. The quantitative estimate of drug-likeness (QED) is 0.700. The molecule has 3 heterocycles. The molecule has 0 spiro atoms. The van der Waals surface area contributed by atoms with Gasteiger partial charge in [0.05, 0.1) is 22.2 Å². The van der Waals surface area contributed by atoms with Gasteiger partial charge in [0.25, 0.3) is 11.8 Å². The van der Waals surface area contributed by atoms with Gasteiger partial charge in [-0.15, -0.1) is 0 Å². The van der Waals surface area contributed by atoms with Crippen molar-refractivity contribution < 1.29 is 9.59 Å². The van der Waals surface area contributed by atoms with Gasteiger partial charge in [0.1, 0.15) is 0 Å². The number of hydrogen-bond donors (Lipinski definition) is 1. The SMILES string of the molecule is CN1C(=O)c2cnc3n[nH]c(-c4ccc(Cl)cc4)c3c2C1=O. The molecule has 7 heteroatoms. The molecule has 0 bridgehead atoms. The molecule has 2 aromatic heterocycles. The van der Waals surface area contributed by atoms with Gasteiger partial charge in [0.15, 0.2) is 5.65 Å². The van der Waals surface area contributed by atoms with Gasteiger partial charge >= 0.3 is 0 Å². The van der Waals surface area contributed by atoms with E-state index in [-0.39, 0.29) is 11.8 Å². The van der Waals surface area contributed by atoms with E-state index in [0.717, 1.165) is 10.5 Å². The number of pyridine rings is 1. The van der Waals surface area contributed by atoms with Gasteiger partial charge in [-0.2, -0.15) is 5.10 Å². The fourth-order valence-corrected chi connectivity index (χ4v) is 2.76. The van der Waals surface area contributed by atoms with Crippen molar-refractivity contribution in [3.63, 3.8) is 0 Å². The lowest BCUT2D eigenvalue weighted by molar-refractivity contribution is 0.0693. The summed E-state index contributed by atoms with van der Waals surface area (Å²) in [6.45, 7) is 0. The highest BCUT2D eigenvalue weighted by Crippen LogP contribution is 2.34. The minimum absolute atomic E-state index is 0.302. The van der Waals surface area contributed by atoms with Crippen LogP contribution >= 0.6 is 11.6 Å². The number of aromatic amines is 1. The Morgan fingerprint density at radius 1 is 1.14 bits per heavy atom. The zero-order chi connectivity index (χ0) is 15.4. The highest BCUT2D eigenvalue weighted by molar-refractivity contribution is 6.30. The van der Waals surface area contributed by atoms with E-state index in [4.69, 9.17) is 11.6 Å². The first-order valence-electron chi connectivity index (χ1n) is 6.53. The van der Waals surface area contributed by atoms with Crippen molar-refractivity contribution >= 4 is 34.4 Å². The number of benzene rings is 1. The average molecular weight is 313 g/mol.